The van der Waals surface area contributed by atoms with Gasteiger partial charge < -0.3 is 4.74 Å². The number of benzene rings is 1. The van der Waals surface area contributed by atoms with Crippen molar-refractivity contribution in [2.45, 2.75) is 4.90 Å². The van der Waals surface area contributed by atoms with Crippen LogP contribution in [0.3, 0.4) is 0 Å². The summed E-state index contributed by atoms with van der Waals surface area (Å²) in [5.41, 5.74) is 0. The van der Waals surface area contributed by atoms with Gasteiger partial charge in [0.1, 0.15) is 11.8 Å². The van der Waals surface area contributed by atoms with Gasteiger partial charge in [0.05, 0.1) is 12.0 Å². The van der Waals surface area contributed by atoms with Crippen LogP contribution in [-0.2, 0) is 0 Å². The van der Waals surface area contributed by atoms with E-state index in [0.29, 0.717) is 4.91 Å². The zero-order chi connectivity index (χ0) is 9.68. The van der Waals surface area contributed by atoms with E-state index >= 15 is 0 Å². The van der Waals surface area contributed by atoms with E-state index < -0.39 is 0 Å². The van der Waals surface area contributed by atoms with Crippen LogP contribution in [0, 0.1) is 11.3 Å². The number of nitrogens with zero attached hydrogens (tertiary/aromatic N) is 1. The fourth-order valence-corrected chi connectivity index (χ4v) is 1.41. The van der Waals surface area contributed by atoms with Crippen molar-refractivity contribution in [2.75, 3.05) is 7.11 Å². The standard InChI is InChI=1S/C10H9NOS/c1-8(7-11)13-10-5-3-9(12-2)4-6-10/h3-6H,1H2,2H3. The van der Waals surface area contributed by atoms with Crippen molar-refractivity contribution in [1.82, 2.24) is 0 Å². The molecule has 0 aliphatic rings. The number of allylic oxidation sites excluding steroid dienone is 1. The first-order valence-corrected chi connectivity index (χ1v) is 4.49. The van der Waals surface area contributed by atoms with Crippen LogP contribution in [-0.4, -0.2) is 7.11 Å². The number of rotatable bonds is 3. The molecule has 0 heterocycles. The molecule has 0 unspecified atom stereocenters. The molecule has 0 fully saturated rings. The summed E-state index contributed by atoms with van der Waals surface area (Å²) in [5, 5.41) is 8.50. The molecule has 0 aromatic heterocycles. The summed E-state index contributed by atoms with van der Waals surface area (Å²) in [6.07, 6.45) is 0. The maximum Gasteiger partial charge on any atom is 0.118 e. The lowest BCUT2D eigenvalue weighted by Crippen LogP contribution is -1.81. The number of hydrogen-bond donors (Lipinski definition) is 0. The Morgan fingerprint density at radius 2 is 2.08 bits per heavy atom. The molecule has 0 N–H and O–H groups in total. The zero-order valence-electron chi connectivity index (χ0n) is 7.28. The average molecular weight is 191 g/mol. The van der Waals surface area contributed by atoms with E-state index in [4.69, 9.17) is 10.00 Å². The first-order valence-electron chi connectivity index (χ1n) is 3.67. The van der Waals surface area contributed by atoms with Crippen LogP contribution in [0.5, 0.6) is 5.75 Å². The first kappa shape index (κ1) is 9.69. The molecule has 0 bridgehead atoms. The Bertz CT molecular complexity index is 337. The maximum absolute atomic E-state index is 8.50. The molecule has 0 amide bonds. The summed E-state index contributed by atoms with van der Waals surface area (Å²) in [4.78, 5) is 1.48. The summed E-state index contributed by atoms with van der Waals surface area (Å²) < 4.78 is 5.00. The van der Waals surface area contributed by atoms with Gasteiger partial charge in [-0.2, -0.15) is 5.26 Å². The maximum atomic E-state index is 8.50. The number of methoxy groups -OCH3 is 1. The topological polar surface area (TPSA) is 33.0 Å². The molecular formula is C10H9NOS. The van der Waals surface area contributed by atoms with Gasteiger partial charge in [-0.15, -0.1) is 0 Å². The quantitative estimate of drug-likeness (QED) is 0.544. The highest BCUT2D eigenvalue weighted by atomic mass is 32.2. The highest BCUT2D eigenvalue weighted by Gasteiger charge is 1.97. The van der Waals surface area contributed by atoms with Crippen molar-refractivity contribution in [1.29, 1.82) is 5.26 Å². The first-order chi connectivity index (χ1) is 6.26. The predicted molar refractivity (Wildman–Crippen MR) is 53.6 cm³/mol. The fraction of sp³-hybridized carbons (Fsp3) is 0.100. The van der Waals surface area contributed by atoms with Crippen molar-refractivity contribution in [3.8, 4) is 11.8 Å². The van der Waals surface area contributed by atoms with E-state index in [-0.39, 0.29) is 0 Å². The fourth-order valence-electron chi connectivity index (χ4n) is 0.809. The molecule has 1 rings (SSSR count). The lowest BCUT2D eigenvalue weighted by atomic mass is 10.3. The van der Waals surface area contributed by atoms with Crippen molar-refractivity contribution < 1.29 is 4.74 Å². The second-order valence-electron chi connectivity index (χ2n) is 2.31. The van der Waals surface area contributed by atoms with Crippen LogP contribution >= 0.6 is 11.8 Å². The second-order valence-corrected chi connectivity index (χ2v) is 3.48. The third-order valence-electron chi connectivity index (χ3n) is 1.43. The third kappa shape index (κ3) is 2.85. The van der Waals surface area contributed by atoms with Gasteiger partial charge in [0.25, 0.3) is 0 Å². The molecule has 0 radical (unpaired) electrons. The number of thioether (sulfide) groups is 1. The summed E-state index contributed by atoms with van der Waals surface area (Å²) in [6.45, 7) is 3.58. The molecule has 13 heavy (non-hydrogen) atoms. The van der Waals surface area contributed by atoms with Crippen molar-refractivity contribution in [2.24, 2.45) is 0 Å². The Hall–Kier alpha value is -1.40. The molecule has 0 saturated heterocycles. The van der Waals surface area contributed by atoms with Crippen LogP contribution in [0.15, 0.2) is 40.6 Å². The van der Waals surface area contributed by atoms with E-state index in [1.165, 1.54) is 11.8 Å². The zero-order valence-corrected chi connectivity index (χ0v) is 8.10. The molecule has 0 aliphatic carbocycles. The summed E-state index contributed by atoms with van der Waals surface area (Å²) >= 11 is 1.35. The largest absolute Gasteiger partial charge is 0.497 e. The number of ether oxygens (including phenoxy) is 1. The molecule has 0 atom stereocenters. The van der Waals surface area contributed by atoms with E-state index in [1.54, 1.807) is 7.11 Å². The molecule has 66 valence electrons. The lowest BCUT2D eigenvalue weighted by Gasteiger charge is -2.00. The number of hydrogen-bond acceptors (Lipinski definition) is 3. The van der Waals surface area contributed by atoms with Gasteiger partial charge in [-0.05, 0) is 24.3 Å². The van der Waals surface area contributed by atoms with Crippen molar-refractivity contribution in [3.05, 3.63) is 35.7 Å². The molecule has 1 aromatic carbocycles. The molecule has 1 aromatic rings. The van der Waals surface area contributed by atoms with E-state index in [9.17, 15) is 0 Å². The Balaban J connectivity index is 2.71. The third-order valence-corrected chi connectivity index (χ3v) is 2.27. The Morgan fingerprint density at radius 1 is 1.46 bits per heavy atom. The second kappa shape index (κ2) is 4.58. The minimum atomic E-state index is 0.491. The van der Waals surface area contributed by atoms with E-state index in [2.05, 4.69) is 6.58 Å². The van der Waals surface area contributed by atoms with Gasteiger partial charge >= 0.3 is 0 Å². The van der Waals surface area contributed by atoms with Crippen LogP contribution < -0.4 is 4.74 Å². The molecule has 0 spiro atoms. The van der Waals surface area contributed by atoms with Gasteiger partial charge in [0, 0.05) is 4.90 Å². The van der Waals surface area contributed by atoms with Gasteiger partial charge in [-0.3, -0.25) is 0 Å². The highest BCUT2D eigenvalue weighted by molar-refractivity contribution is 8.03. The minimum Gasteiger partial charge on any atom is -0.497 e. The van der Waals surface area contributed by atoms with Crippen molar-refractivity contribution in [3.63, 3.8) is 0 Å². The van der Waals surface area contributed by atoms with Crippen LogP contribution in [0.1, 0.15) is 0 Å². The predicted octanol–water partition coefficient (Wildman–Crippen LogP) is 2.82. The Morgan fingerprint density at radius 3 is 2.54 bits per heavy atom. The molecule has 0 aliphatic heterocycles. The summed E-state index contributed by atoms with van der Waals surface area (Å²) in [7, 11) is 1.62. The Kier molecular flexibility index (Phi) is 3.41. The number of nitriles is 1. The molecule has 2 nitrogen and oxygen atoms in total. The summed E-state index contributed by atoms with van der Waals surface area (Å²) in [6, 6.07) is 9.48. The lowest BCUT2D eigenvalue weighted by molar-refractivity contribution is 0.414. The van der Waals surface area contributed by atoms with Gasteiger partial charge in [0.2, 0.25) is 0 Å². The average Bonchev–Trinajstić information content (AvgIpc) is 2.19. The minimum absolute atomic E-state index is 0.491. The smallest absolute Gasteiger partial charge is 0.118 e. The monoisotopic (exact) mass is 191 g/mol. The van der Waals surface area contributed by atoms with E-state index in [1.807, 2.05) is 30.3 Å². The van der Waals surface area contributed by atoms with Crippen LogP contribution in [0.25, 0.3) is 0 Å². The Labute approximate surface area is 81.8 Å². The SMILES string of the molecule is C=C(C#N)Sc1ccc(OC)cc1. The van der Waals surface area contributed by atoms with Gasteiger partial charge in [0.15, 0.2) is 0 Å². The van der Waals surface area contributed by atoms with Gasteiger partial charge in [-0.1, -0.05) is 18.3 Å². The van der Waals surface area contributed by atoms with Crippen molar-refractivity contribution >= 4 is 11.8 Å². The van der Waals surface area contributed by atoms with Gasteiger partial charge in [-0.25, -0.2) is 0 Å². The van der Waals surface area contributed by atoms with E-state index in [0.717, 1.165) is 10.6 Å². The van der Waals surface area contributed by atoms with Crippen LogP contribution in [0.4, 0.5) is 0 Å². The van der Waals surface area contributed by atoms with Crippen LogP contribution in [0.2, 0.25) is 0 Å². The normalized spacial score (nSPS) is 8.92. The molecular weight excluding hydrogens is 182 g/mol. The highest BCUT2D eigenvalue weighted by Crippen LogP contribution is 2.26. The molecule has 0 saturated carbocycles. The molecule has 3 heteroatoms. The summed E-state index contributed by atoms with van der Waals surface area (Å²) in [5.74, 6) is 0.812.